The van der Waals surface area contributed by atoms with Gasteiger partial charge < -0.3 is 18.9 Å². The van der Waals surface area contributed by atoms with Gasteiger partial charge in [0, 0.05) is 0 Å². The van der Waals surface area contributed by atoms with E-state index in [1.807, 2.05) is 59.3 Å². The number of carbonyl (C=O) groups is 2. The lowest BCUT2D eigenvalue weighted by molar-refractivity contribution is -0.870. The van der Waals surface area contributed by atoms with Crippen molar-refractivity contribution in [2.24, 2.45) is 0 Å². The zero-order valence-corrected chi connectivity index (χ0v) is 46.2. The number of allylic oxidation sites excluding steroid dienone is 32. The monoisotopic (exact) mass is 1020 g/mol. The number of hydrogen-bond donors (Lipinski definition) is 1. The fourth-order valence-corrected chi connectivity index (χ4v) is 6.49. The third-order valence-corrected chi connectivity index (χ3v) is 10.8. The summed E-state index contributed by atoms with van der Waals surface area (Å²) in [7, 11) is 1.33. The van der Waals surface area contributed by atoms with E-state index in [0.717, 1.165) is 83.5 Å². The summed E-state index contributed by atoms with van der Waals surface area (Å²) < 4.78 is 34.2. The van der Waals surface area contributed by atoms with Crippen LogP contribution in [0.3, 0.4) is 0 Å². The minimum absolute atomic E-state index is 0.0133. The highest BCUT2D eigenvalue weighted by Crippen LogP contribution is 2.43. The second-order valence-electron chi connectivity index (χ2n) is 17.6. The molecule has 0 spiro atoms. The van der Waals surface area contributed by atoms with Crippen molar-refractivity contribution < 1.29 is 42.1 Å². The van der Waals surface area contributed by atoms with E-state index in [0.29, 0.717) is 23.9 Å². The van der Waals surface area contributed by atoms with Crippen molar-refractivity contribution in [3.63, 3.8) is 0 Å². The molecular weight excluding hydrogens is 930 g/mol. The van der Waals surface area contributed by atoms with Gasteiger partial charge >= 0.3 is 19.8 Å². The molecule has 0 fully saturated rings. The average Bonchev–Trinajstić information content (AvgIpc) is 3.35. The zero-order valence-electron chi connectivity index (χ0n) is 45.3. The molecule has 0 amide bonds. The summed E-state index contributed by atoms with van der Waals surface area (Å²) in [4.78, 5) is 35.5. The first-order valence-corrected chi connectivity index (χ1v) is 27.7. The molecule has 0 aliphatic heterocycles. The summed E-state index contributed by atoms with van der Waals surface area (Å²) in [6, 6.07) is 0. The van der Waals surface area contributed by atoms with E-state index in [4.69, 9.17) is 18.5 Å². The lowest BCUT2D eigenvalue weighted by Gasteiger charge is -2.24. The van der Waals surface area contributed by atoms with E-state index in [1.54, 1.807) is 12.2 Å². The minimum atomic E-state index is -4.45. The van der Waals surface area contributed by atoms with Gasteiger partial charge in [-0.2, -0.15) is 0 Å². The van der Waals surface area contributed by atoms with Crippen molar-refractivity contribution in [1.29, 1.82) is 0 Å². The van der Waals surface area contributed by atoms with Crippen molar-refractivity contribution in [3.05, 3.63) is 207 Å². The van der Waals surface area contributed by atoms with Crippen LogP contribution >= 0.6 is 7.82 Å². The van der Waals surface area contributed by atoms with Crippen molar-refractivity contribution >= 4 is 19.8 Å². The Bertz CT molecular complexity index is 1970. The highest BCUT2D eigenvalue weighted by atomic mass is 31.2. The van der Waals surface area contributed by atoms with Crippen LogP contribution < -0.4 is 0 Å². The molecule has 0 rings (SSSR count). The van der Waals surface area contributed by atoms with Gasteiger partial charge in [-0.1, -0.05) is 207 Å². The number of esters is 2. The predicted octanol–water partition coefficient (Wildman–Crippen LogP) is 16.4. The molecule has 0 heterocycles. The van der Waals surface area contributed by atoms with E-state index in [-0.39, 0.29) is 26.1 Å². The maximum absolute atomic E-state index is 12.7. The van der Waals surface area contributed by atoms with Crippen LogP contribution in [0.1, 0.15) is 123 Å². The molecule has 0 bridgehead atoms. The molecule has 73 heavy (non-hydrogen) atoms. The Hall–Kier alpha value is -5.41. The van der Waals surface area contributed by atoms with E-state index in [2.05, 4.69) is 170 Å². The van der Waals surface area contributed by atoms with Crippen LogP contribution in [0.5, 0.6) is 0 Å². The molecule has 10 heteroatoms. The van der Waals surface area contributed by atoms with Crippen LogP contribution in [0, 0.1) is 0 Å². The molecule has 9 nitrogen and oxygen atoms in total. The van der Waals surface area contributed by atoms with Gasteiger partial charge in [-0.25, -0.2) is 4.57 Å². The maximum Gasteiger partial charge on any atom is 0.472 e. The summed E-state index contributed by atoms with van der Waals surface area (Å²) in [6.45, 7) is 3.70. The van der Waals surface area contributed by atoms with E-state index in [9.17, 15) is 19.0 Å². The van der Waals surface area contributed by atoms with Crippen LogP contribution in [0.25, 0.3) is 0 Å². The Labute approximate surface area is 443 Å². The summed E-state index contributed by atoms with van der Waals surface area (Å²) in [5, 5.41) is 0. The van der Waals surface area contributed by atoms with E-state index >= 15 is 0 Å². The molecule has 1 unspecified atom stereocenters. The lowest BCUT2D eigenvalue weighted by Crippen LogP contribution is -2.37. The topological polar surface area (TPSA) is 108 Å². The lowest BCUT2D eigenvalue weighted by atomic mass is 10.2. The highest BCUT2D eigenvalue weighted by Gasteiger charge is 2.26. The Balaban J connectivity index is 4.58. The summed E-state index contributed by atoms with van der Waals surface area (Å²) in [6.07, 6.45) is 83.9. The van der Waals surface area contributed by atoms with Crippen LogP contribution in [0.2, 0.25) is 0 Å². The second-order valence-corrected chi connectivity index (χ2v) is 19.0. The van der Waals surface area contributed by atoms with Crippen molar-refractivity contribution in [2.75, 3.05) is 47.5 Å². The first-order chi connectivity index (χ1) is 35.5. The van der Waals surface area contributed by atoms with E-state index < -0.39 is 32.5 Å². The smallest absolute Gasteiger partial charge is 0.461 e. The normalized spacial score (nSPS) is 15.0. The van der Waals surface area contributed by atoms with Gasteiger partial charge in [0.2, 0.25) is 0 Å². The van der Waals surface area contributed by atoms with Gasteiger partial charge in [-0.3, -0.25) is 18.6 Å². The predicted molar refractivity (Wildman–Crippen MR) is 311 cm³/mol. The maximum atomic E-state index is 12.7. The van der Waals surface area contributed by atoms with Gasteiger partial charge in [0.25, 0.3) is 0 Å². The molecule has 0 aromatic carbocycles. The second kappa shape index (κ2) is 51.5. The largest absolute Gasteiger partial charge is 0.472 e. The SMILES string of the molecule is CC=CCC=CCC=CCC=CCC=CCC=CCC=CCC=CCC=CCC(=O)OC[C@H](COP(=O)(O)OCC[N+](C)(C)C)OC(=O)CC=CCC=CCC=CCC=CCC=CCC=CCC=CCC=CC. The molecule has 1 N–H and O–H groups in total. The third-order valence-electron chi connectivity index (χ3n) is 9.79. The Morgan fingerprint density at radius 2 is 0.658 bits per heavy atom. The third kappa shape index (κ3) is 55.8. The number of likely N-dealkylation sites (N-methyl/N-ethyl adjacent to an activating group) is 1. The quantitative estimate of drug-likeness (QED) is 0.0278. The number of ether oxygens (including phenoxy) is 2. The Morgan fingerprint density at radius 3 is 0.932 bits per heavy atom. The summed E-state index contributed by atoms with van der Waals surface area (Å²) in [5.41, 5.74) is 0. The number of rotatable bonds is 44. The van der Waals surface area contributed by atoms with Gasteiger partial charge in [0.15, 0.2) is 6.10 Å². The van der Waals surface area contributed by atoms with Crippen LogP contribution in [0.4, 0.5) is 0 Å². The first-order valence-electron chi connectivity index (χ1n) is 26.2. The highest BCUT2D eigenvalue weighted by molar-refractivity contribution is 7.47. The van der Waals surface area contributed by atoms with Crippen LogP contribution in [0.15, 0.2) is 207 Å². The Morgan fingerprint density at radius 1 is 0.397 bits per heavy atom. The molecule has 0 radical (unpaired) electrons. The minimum Gasteiger partial charge on any atom is -0.461 e. The van der Waals surface area contributed by atoms with Crippen molar-refractivity contribution in [2.45, 2.75) is 129 Å². The summed E-state index contributed by atoms with van der Waals surface area (Å²) >= 11 is 0. The Kier molecular flexibility index (Phi) is 47.7. The van der Waals surface area contributed by atoms with Gasteiger partial charge in [0.1, 0.15) is 19.8 Å². The molecule has 0 saturated carbocycles. The molecule has 402 valence electrons. The number of quaternary nitrogens is 1. The number of nitrogens with zero attached hydrogens (tertiary/aromatic N) is 1. The van der Waals surface area contributed by atoms with Gasteiger partial charge in [0.05, 0.1) is 40.6 Å². The summed E-state index contributed by atoms with van der Waals surface area (Å²) in [5.74, 6) is -1.12. The fraction of sp³-hybridized carbons (Fsp3) is 0.429. The number of carbonyl (C=O) groups excluding carboxylic acids is 2. The van der Waals surface area contributed by atoms with E-state index in [1.165, 1.54) is 0 Å². The standard InChI is InChI=1S/C63H92NO8P/c1-6-8-10-12-14-16-18-20-22-24-26-28-30-31-32-34-35-37-39-41-43-45-47-49-51-53-55-62(65)69-59-61(60-71-73(67,68)70-58-57-64(3,4)5)72-63(66)56-54-52-50-48-46-44-42-40-38-36-33-29-27-25-23-21-19-17-15-13-11-9-7-2/h6-9,12-15,18-21,24-27,30-31,33-36,39-42,45-48,51-54,61H,10-11,16-17,22-23,28-29,32,37-38,43-44,49-50,55-60H2,1-5H3/p+1/t61-/m1/s1. The average molecular weight is 1020 g/mol. The zero-order chi connectivity index (χ0) is 53.5. The van der Waals surface area contributed by atoms with Gasteiger partial charge in [-0.05, 0) is 110 Å². The van der Waals surface area contributed by atoms with Gasteiger partial charge in [-0.15, -0.1) is 0 Å². The van der Waals surface area contributed by atoms with Crippen LogP contribution in [-0.4, -0.2) is 74.9 Å². The van der Waals surface area contributed by atoms with Crippen molar-refractivity contribution in [3.8, 4) is 0 Å². The number of hydrogen-bond acceptors (Lipinski definition) is 7. The first kappa shape index (κ1) is 67.6. The molecule has 2 atom stereocenters. The van der Waals surface area contributed by atoms with Crippen LogP contribution in [-0.2, 0) is 32.7 Å². The number of phosphoric ester groups is 1. The molecule has 0 aromatic rings. The molecular formula is C63H93NO8P+. The fourth-order valence-electron chi connectivity index (χ4n) is 5.74. The molecule has 0 saturated heterocycles. The molecule has 0 aromatic heterocycles. The van der Waals surface area contributed by atoms with Crippen molar-refractivity contribution in [1.82, 2.24) is 0 Å². The molecule has 0 aliphatic carbocycles. The number of phosphoric acid groups is 1. The molecule has 0 aliphatic rings.